The Balaban J connectivity index is 2.27. The van der Waals surface area contributed by atoms with Crippen LogP contribution in [0.4, 0.5) is 0 Å². The summed E-state index contributed by atoms with van der Waals surface area (Å²) < 4.78 is 28.0. The molecule has 2 aromatic carbocycles. The number of benzene rings is 2. The summed E-state index contributed by atoms with van der Waals surface area (Å²) in [6.07, 6.45) is 1.57. The topological polar surface area (TPSA) is 97.4 Å². The second kappa shape index (κ2) is 18.5. The molecule has 0 aliphatic heterocycles. The normalized spacial score (nSPS) is 13.7. The first-order chi connectivity index (χ1) is 21.2. The lowest BCUT2D eigenvalue weighted by atomic mass is 9.78. The van der Waals surface area contributed by atoms with Crippen LogP contribution in [0.3, 0.4) is 0 Å². The first kappa shape index (κ1) is 37.8. The molecule has 0 saturated heterocycles. The minimum Gasteiger partial charge on any atom is -0.493 e. The molecule has 0 N–H and O–H groups in total. The number of ether oxygens (including phenoxy) is 5. The number of carbonyl (C=O) groups excluding carboxylic acids is 3. The van der Waals surface area contributed by atoms with Gasteiger partial charge in [-0.05, 0) is 74.6 Å². The highest BCUT2D eigenvalue weighted by molar-refractivity contribution is 6.00. The van der Waals surface area contributed by atoms with Gasteiger partial charge in [-0.2, -0.15) is 0 Å². The van der Waals surface area contributed by atoms with Crippen LogP contribution in [0.2, 0.25) is 0 Å². The number of Topliss-reactive ketones (excluding diaryl/α,β-unsaturated/α-hetero) is 1. The van der Waals surface area contributed by atoms with Crippen molar-refractivity contribution < 1.29 is 38.1 Å². The summed E-state index contributed by atoms with van der Waals surface area (Å²) in [5.41, 5.74) is 1.12. The molecular weight excluding hydrogens is 572 g/mol. The zero-order valence-electron chi connectivity index (χ0n) is 28.7. The number of hydrogen-bond acceptors (Lipinski definition) is 8. The third-order valence-electron chi connectivity index (χ3n) is 7.79. The molecule has 2 unspecified atom stereocenters. The van der Waals surface area contributed by atoms with Gasteiger partial charge in [0.1, 0.15) is 23.9 Å². The molecule has 3 atom stereocenters. The van der Waals surface area contributed by atoms with Gasteiger partial charge in [-0.3, -0.25) is 14.4 Å². The van der Waals surface area contributed by atoms with Crippen molar-refractivity contribution in [2.45, 2.75) is 86.4 Å². The van der Waals surface area contributed by atoms with E-state index in [1.165, 1.54) is 0 Å². The molecule has 0 fully saturated rings. The van der Waals surface area contributed by atoms with Gasteiger partial charge < -0.3 is 23.7 Å². The lowest BCUT2D eigenvalue weighted by Gasteiger charge is -2.29. The Hall–Kier alpha value is -3.39. The lowest BCUT2D eigenvalue weighted by molar-refractivity contribution is -0.164. The number of hydrogen-bond donors (Lipinski definition) is 0. The van der Waals surface area contributed by atoms with Crippen LogP contribution in [0.15, 0.2) is 48.5 Å². The second-order valence-electron chi connectivity index (χ2n) is 13.3. The predicted octanol–water partition coefficient (Wildman–Crippen LogP) is 7.25. The Bertz CT molecular complexity index is 1200. The summed E-state index contributed by atoms with van der Waals surface area (Å²) in [5.74, 6) is -1.74. The van der Waals surface area contributed by atoms with Gasteiger partial charge in [0.15, 0.2) is 11.5 Å². The summed E-state index contributed by atoms with van der Waals surface area (Å²) in [6, 6.07) is 15.2. The van der Waals surface area contributed by atoms with Crippen molar-refractivity contribution in [3.8, 4) is 11.5 Å². The molecule has 0 amide bonds. The quantitative estimate of drug-likeness (QED) is 0.0914. The van der Waals surface area contributed by atoms with Crippen LogP contribution in [-0.4, -0.2) is 50.8 Å². The smallest absolute Gasteiger partial charge is 0.317 e. The molecule has 8 heteroatoms. The lowest BCUT2D eigenvalue weighted by Crippen LogP contribution is -2.37. The van der Waals surface area contributed by atoms with Gasteiger partial charge in [-0.1, -0.05) is 64.1 Å². The molecule has 0 aliphatic rings. The van der Waals surface area contributed by atoms with E-state index in [2.05, 4.69) is 13.8 Å². The van der Waals surface area contributed by atoms with Crippen LogP contribution in [-0.2, 0) is 41.6 Å². The Kier molecular flexibility index (Phi) is 15.6. The molecule has 0 aromatic heterocycles. The number of rotatable bonds is 19. The Morgan fingerprint density at radius 1 is 0.800 bits per heavy atom. The summed E-state index contributed by atoms with van der Waals surface area (Å²) >= 11 is 0. The number of methoxy groups -OCH3 is 2. The average Bonchev–Trinajstić information content (AvgIpc) is 2.98. The third kappa shape index (κ3) is 13.2. The van der Waals surface area contributed by atoms with E-state index in [1.807, 2.05) is 62.4 Å². The van der Waals surface area contributed by atoms with Crippen molar-refractivity contribution in [2.24, 2.45) is 29.6 Å². The highest BCUT2D eigenvalue weighted by Gasteiger charge is 2.37. The molecule has 250 valence electrons. The van der Waals surface area contributed by atoms with E-state index in [-0.39, 0.29) is 36.6 Å². The molecule has 0 radical (unpaired) electrons. The molecule has 45 heavy (non-hydrogen) atoms. The van der Waals surface area contributed by atoms with E-state index in [0.29, 0.717) is 37.6 Å². The molecule has 0 saturated carbocycles. The Morgan fingerprint density at radius 3 is 2.07 bits per heavy atom. The van der Waals surface area contributed by atoms with Crippen LogP contribution in [0.25, 0.3) is 0 Å². The van der Waals surface area contributed by atoms with Crippen LogP contribution in [0.5, 0.6) is 11.5 Å². The fraction of sp³-hybridized carbons (Fsp3) is 0.595. The molecule has 0 bridgehead atoms. The van der Waals surface area contributed by atoms with Gasteiger partial charge in [0.25, 0.3) is 0 Å². The summed E-state index contributed by atoms with van der Waals surface area (Å²) in [7, 11) is 3.26. The molecule has 0 heterocycles. The van der Waals surface area contributed by atoms with Gasteiger partial charge in [-0.15, -0.1) is 0 Å². The minimum absolute atomic E-state index is 0.0243. The highest BCUT2D eigenvalue weighted by Crippen LogP contribution is 2.33. The van der Waals surface area contributed by atoms with Gasteiger partial charge in [0, 0.05) is 26.6 Å². The van der Waals surface area contributed by atoms with E-state index < -0.39 is 29.4 Å². The fourth-order valence-electron chi connectivity index (χ4n) is 5.06. The van der Waals surface area contributed by atoms with Crippen molar-refractivity contribution in [1.82, 2.24) is 0 Å². The van der Waals surface area contributed by atoms with Crippen LogP contribution < -0.4 is 9.47 Å². The largest absolute Gasteiger partial charge is 0.493 e. The molecular formula is C37H54O8. The fourth-order valence-corrected chi connectivity index (χ4v) is 5.06. The average molecular weight is 627 g/mol. The van der Waals surface area contributed by atoms with Gasteiger partial charge in [0.2, 0.25) is 0 Å². The van der Waals surface area contributed by atoms with E-state index in [0.717, 1.165) is 17.5 Å². The number of carbonyl (C=O) groups is 3. The number of ketones is 1. The van der Waals surface area contributed by atoms with Gasteiger partial charge >= 0.3 is 11.9 Å². The van der Waals surface area contributed by atoms with E-state index in [9.17, 15) is 14.4 Å². The Morgan fingerprint density at radius 2 is 1.49 bits per heavy atom. The third-order valence-corrected chi connectivity index (χ3v) is 7.79. The maximum absolute atomic E-state index is 13.9. The van der Waals surface area contributed by atoms with Gasteiger partial charge in [0.05, 0.1) is 19.6 Å². The second-order valence-corrected chi connectivity index (χ2v) is 13.3. The standard InChI is InChI=1S/C37H54O8/c1-25(2)29(20-28-16-17-33(42-9)34(21-28)43-19-13-18-41-8)22-31(36(40)45-37(5,6)7)32(38)23-30(26(3)4)35(39)44-24-27-14-11-10-12-15-27/h10-12,14-17,21,25-26,29-31H,13,18-20,22-24H2,1-9H3/t29?,30-,31?/m0/s1. The van der Waals surface area contributed by atoms with E-state index in [1.54, 1.807) is 35.0 Å². The molecule has 2 rings (SSSR count). The van der Waals surface area contributed by atoms with Gasteiger partial charge in [-0.25, -0.2) is 0 Å². The van der Waals surface area contributed by atoms with Crippen molar-refractivity contribution in [2.75, 3.05) is 27.4 Å². The maximum Gasteiger partial charge on any atom is 0.317 e. The van der Waals surface area contributed by atoms with Crippen molar-refractivity contribution in [1.29, 1.82) is 0 Å². The maximum atomic E-state index is 13.9. The predicted molar refractivity (Wildman–Crippen MR) is 175 cm³/mol. The van der Waals surface area contributed by atoms with Crippen molar-refractivity contribution in [3.05, 3.63) is 59.7 Å². The van der Waals surface area contributed by atoms with E-state index >= 15 is 0 Å². The van der Waals surface area contributed by atoms with Crippen LogP contribution in [0.1, 0.15) is 78.9 Å². The first-order valence-electron chi connectivity index (χ1n) is 16.0. The summed E-state index contributed by atoms with van der Waals surface area (Å²) in [5, 5.41) is 0. The zero-order chi connectivity index (χ0) is 33.6. The summed E-state index contributed by atoms with van der Waals surface area (Å²) in [6.45, 7) is 14.5. The van der Waals surface area contributed by atoms with Crippen molar-refractivity contribution in [3.63, 3.8) is 0 Å². The minimum atomic E-state index is -1.01. The highest BCUT2D eigenvalue weighted by atomic mass is 16.6. The SMILES string of the molecule is COCCCOc1cc(CC(CC(C(=O)C[C@H](C(=O)OCc2ccccc2)C(C)C)C(=O)OC(C)(C)C)C(C)C)ccc1OC. The Labute approximate surface area is 270 Å². The molecule has 0 spiro atoms. The first-order valence-corrected chi connectivity index (χ1v) is 16.0. The van der Waals surface area contributed by atoms with E-state index in [4.69, 9.17) is 23.7 Å². The summed E-state index contributed by atoms with van der Waals surface area (Å²) in [4.78, 5) is 40.6. The van der Waals surface area contributed by atoms with Crippen LogP contribution >= 0.6 is 0 Å². The van der Waals surface area contributed by atoms with Crippen molar-refractivity contribution >= 4 is 17.7 Å². The molecule has 8 nitrogen and oxygen atoms in total. The zero-order valence-corrected chi connectivity index (χ0v) is 28.7. The molecule has 0 aliphatic carbocycles. The van der Waals surface area contributed by atoms with Crippen LogP contribution in [0, 0.1) is 29.6 Å². The monoisotopic (exact) mass is 626 g/mol. The number of esters is 2. The molecule has 2 aromatic rings.